The molecule has 0 saturated heterocycles. The van der Waals surface area contributed by atoms with Crippen LogP contribution in [0.25, 0.3) is 0 Å². The Hall–Kier alpha value is -0.570. The average molecular weight is 284 g/mol. The van der Waals surface area contributed by atoms with Gasteiger partial charge in [0.15, 0.2) is 0 Å². The summed E-state index contributed by atoms with van der Waals surface area (Å²) in [6.45, 7) is 6.40. The molecule has 1 rings (SSSR count). The Morgan fingerprint density at radius 1 is 1.32 bits per heavy atom. The maximum absolute atomic E-state index is 6.25. The molecule has 1 N–H and O–H groups in total. The predicted octanol–water partition coefficient (Wildman–Crippen LogP) is 3.92. The van der Waals surface area contributed by atoms with E-state index in [1.54, 1.807) is 7.11 Å². The third kappa shape index (κ3) is 6.42. The van der Waals surface area contributed by atoms with Crippen LogP contribution in [0.2, 0.25) is 5.02 Å². The van der Waals surface area contributed by atoms with Crippen molar-refractivity contribution in [3.63, 3.8) is 0 Å². The molecule has 0 aliphatic heterocycles. The highest BCUT2D eigenvalue weighted by atomic mass is 35.5. The van der Waals surface area contributed by atoms with Crippen molar-refractivity contribution in [2.45, 2.75) is 39.2 Å². The van der Waals surface area contributed by atoms with Gasteiger partial charge in [-0.15, -0.1) is 0 Å². The van der Waals surface area contributed by atoms with E-state index in [0.29, 0.717) is 5.92 Å². The van der Waals surface area contributed by atoms with E-state index in [1.807, 2.05) is 12.1 Å². The Morgan fingerprint density at radius 3 is 2.68 bits per heavy atom. The molecule has 0 aliphatic carbocycles. The minimum atomic E-state index is 0.288. The number of benzene rings is 1. The van der Waals surface area contributed by atoms with E-state index in [1.165, 1.54) is 12.0 Å². The third-order valence-corrected chi connectivity index (χ3v) is 3.76. The zero-order valence-corrected chi connectivity index (χ0v) is 13.0. The summed E-state index contributed by atoms with van der Waals surface area (Å²) in [5.41, 5.74) is 1.23. The van der Waals surface area contributed by atoms with E-state index in [4.69, 9.17) is 16.3 Å². The van der Waals surface area contributed by atoms with E-state index in [0.717, 1.165) is 31.0 Å². The van der Waals surface area contributed by atoms with Crippen molar-refractivity contribution >= 4 is 11.6 Å². The predicted molar refractivity (Wildman–Crippen MR) is 82.9 cm³/mol. The smallest absolute Gasteiger partial charge is 0.0546 e. The van der Waals surface area contributed by atoms with Gasteiger partial charge in [0.2, 0.25) is 0 Å². The quantitative estimate of drug-likeness (QED) is 0.694. The monoisotopic (exact) mass is 283 g/mol. The van der Waals surface area contributed by atoms with Gasteiger partial charge in [-0.1, -0.05) is 36.7 Å². The number of rotatable bonds is 9. The zero-order chi connectivity index (χ0) is 14.1. The first-order valence-corrected chi connectivity index (χ1v) is 7.52. The second-order valence-electron chi connectivity index (χ2n) is 5.15. The lowest BCUT2D eigenvalue weighted by Gasteiger charge is -2.21. The van der Waals surface area contributed by atoms with E-state index >= 15 is 0 Å². The molecular weight excluding hydrogens is 258 g/mol. The van der Waals surface area contributed by atoms with Crippen LogP contribution in [-0.2, 0) is 11.2 Å². The van der Waals surface area contributed by atoms with Crippen molar-refractivity contribution in [3.8, 4) is 0 Å². The van der Waals surface area contributed by atoms with Crippen molar-refractivity contribution in [2.75, 3.05) is 20.2 Å². The van der Waals surface area contributed by atoms with Gasteiger partial charge >= 0.3 is 0 Å². The van der Waals surface area contributed by atoms with E-state index in [9.17, 15) is 0 Å². The summed E-state index contributed by atoms with van der Waals surface area (Å²) in [7, 11) is 1.77. The molecular formula is C16H26ClNO. The first-order chi connectivity index (χ1) is 9.17. The molecule has 0 saturated carbocycles. The Bertz CT molecular complexity index is 356. The van der Waals surface area contributed by atoms with Crippen LogP contribution in [0.5, 0.6) is 0 Å². The third-order valence-electron chi connectivity index (χ3n) is 3.39. The first-order valence-electron chi connectivity index (χ1n) is 7.14. The fourth-order valence-corrected chi connectivity index (χ4v) is 2.48. The van der Waals surface area contributed by atoms with Gasteiger partial charge in [-0.3, -0.25) is 0 Å². The van der Waals surface area contributed by atoms with E-state index < -0.39 is 0 Å². The summed E-state index contributed by atoms with van der Waals surface area (Å²) in [6, 6.07) is 8.12. The molecule has 108 valence electrons. The zero-order valence-electron chi connectivity index (χ0n) is 12.3. The molecule has 3 heteroatoms. The Labute approximate surface area is 122 Å². The maximum Gasteiger partial charge on any atom is 0.0546 e. The molecule has 2 unspecified atom stereocenters. The lowest BCUT2D eigenvalue weighted by molar-refractivity contribution is 0.0946. The fourth-order valence-electron chi connectivity index (χ4n) is 2.26. The molecule has 0 aliphatic rings. The van der Waals surface area contributed by atoms with Crippen LogP contribution in [0.1, 0.15) is 32.3 Å². The van der Waals surface area contributed by atoms with Crippen LogP contribution < -0.4 is 5.32 Å². The average Bonchev–Trinajstić information content (AvgIpc) is 2.41. The van der Waals surface area contributed by atoms with Gasteiger partial charge in [0, 0.05) is 12.1 Å². The van der Waals surface area contributed by atoms with Gasteiger partial charge in [0.25, 0.3) is 0 Å². The van der Waals surface area contributed by atoms with Crippen LogP contribution in [0, 0.1) is 5.92 Å². The molecule has 0 radical (unpaired) electrons. The number of ether oxygens (including phenoxy) is 1. The Kier molecular flexibility index (Phi) is 8.11. The molecule has 19 heavy (non-hydrogen) atoms. The standard InChI is InChI=1S/C16H26ClNO/c1-4-9-18-12-14(10-13(2)19-3)11-15-7-5-6-8-16(15)17/h5-8,13-14,18H,4,9-12H2,1-3H3. The lowest BCUT2D eigenvalue weighted by atomic mass is 9.94. The highest BCUT2D eigenvalue weighted by molar-refractivity contribution is 6.31. The van der Waals surface area contributed by atoms with Crippen LogP contribution in [0.15, 0.2) is 24.3 Å². The summed E-state index contributed by atoms with van der Waals surface area (Å²) >= 11 is 6.25. The molecule has 0 spiro atoms. The topological polar surface area (TPSA) is 21.3 Å². The Balaban J connectivity index is 2.59. The van der Waals surface area contributed by atoms with Crippen molar-refractivity contribution in [2.24, 2.45) is 5.92 Å². The van der Waals surface area contributed by atoms with E-state index in [-0.39, 0.29) is 6.10 Å². The number of hydrogen-bond acceptors (Lipinski definition) is 2. The minimum Gasteiger partial charge on any atom is -0.382 e. The molecule has 2 nitrogen and oxygen atoms in total. The van der Waals surface area contributed by atoms with Gasteiger partial charge in [-0.2, -0.15) is 0 Å². The van der Waals surface area contributed by atoms with Crippen molar-refractivity contribution in [1.29, 1.82) is 0 Å². The molecule has 0 bridgehead atoms. The van der Waals surface area contributed by atoms with Crippen LogP contribution in [0.3, 0.4) is 0 Å². The lowest BCUT2D eigenvalue weighted by Crippen LogP contribution is -2.28. The fraction of sp³-hybridized carbons (Fsp3) is 0.625. The summed E-state index contributed by atoms with van der Waals surface area (Å²) in [4.78, 5) is 0. The minimum absolute atomic E-state index is 0.288. The highest BCUT2D eigenvalue weighted by Crippen LogP contribution is 2.21. The largest absolute Gasteiger partial charge is 0.382 e. The molecule has 0 amide bonds. The molecule has 1 aromatic rings. The van der Waals surface area contributed by atoms with Gasteiger partial charge in [-0.25, -0.2) is 0 Å². The highest BCUT2D eigenvalue weighted by Gasteiger charge is 2.14. The first kappa shape index (κ1) is 16.5. The molecule has 0 heterocycles. The van der Waals surface area contributed by atoms with Gasteiger partial charge < -0.3 is 10.1 Å². The van der Waals surface area contributed by atoms with Gasteiger partial charge in [-0.05, 0) is 56.8 Å². The van der Waals surface area contributed by atoms with Crippen molar-refractivity contribution in [3.05, 3.63) is 34.9 Å². The number of nitrogens with one attached hydrogen (secondary N) is 1. The SMILES string of the molecule is CCCNCC(Cc1ccccc1Cl)CC(C)OC. The van der Waals surface area contributed by atoms with Crippen LogP contribution in [0.4, 0.5) is 0 Å². The van der Waals surface area contributed by atoms with Crippen LogP contribution >= 0.6 is 11.6 Å². The number of halogens is 1. The van der Waals surface area contributed by atoms with Gasteiger partial charge in [0.05, 0.1) is 6.10 Å². The summed E-state index contributed by atoms with van der Waals surface area (Å²) < 4.78 is 5.39. The maximum atomic E-state index is 6.25. The van der Waals surface area contributed by atoms with Crippen LogP contribution in [-0.4, -0.2) is 26.3 Å². The summed E-state index contributed by atoms with van der Waals surface area (Å²) in [5.74, 6) is 0.557. The molecule has 1 aromatic carbocycles. The molecule has 0 aromatic heterocycles. The summed E-state index contributed by atoms with van der Waals surface area (Å²) in [6.07, 6.45) is 3.51. The van der Waals surface area contributed by atoms with Crippen molar-refractivity contribution in [1.82, 2.24) is 5.32 Å². The summed E-state index contributed by atoms with van der Waals surface area (Å²) in [5, 5.41) is 4.37. The van der Waals surface area contributed by atoms with Crippen molar-refractivity contribution < 1.29 is 4.74 Å². The molecule has 2 atom stereocenters. The van der Waals surface area contributed by atoms with Gasteiger partial charge in [0.1, 0.15) is 0 Å². The normalized spacial score (nSPS) is 14.3. The number of hydrogen-bond donors (Lipinski definition) is 1. The second kappa shape index (κ2) is 9.35. The van der Waals surface area contributed by atoms with E-state index in [2.05, 4.69) is 31.3 Å². The molecule has 0 fully saturated rings. The number of methoxy groups -OCH3 is 1. The Morgan fingerprint density at radius 2 is 2.05 bits per heavy atom. The second-order valence-corrected chi connectivity index (χ2v) is 5.55.